The van der Waals surface area contributed by atoms with Gasteiger partial charge in [-0.1, -0.05) is 37.5 Å². The maximum absolute atomic E-state index is 13.5. The number of carbonyl (C=O) groups is 2. The van der Waals surface area contributed by atoms with E-state index < -0.39 is 11.9 Å². The number of nitrogens with one attached hydrogen (secondary N) is 1. The van der Waals surface area contributed by atoms with E-state index in [1.807, 2.05) is 35.7 Å². The molecule has 162 valence electrons. The monoisotopic (exact) mass is 444 g/mol. The standard InChI is InChI=1S/C25H24N4O2S/c1-2-23(30)29(21-11-6-8-18(14-21)19-15-26-17-27-16-19)24(22-12-7-13-32-22)25(31)28-20-9-4-3-5-10-20/h1,6-8,11-17,20,24H,3-5,9-10H2,(H,28,31). The van der Waals surface area contributed by atoms with E-state index in [0.29, 0.717) is 5.69 Å². The Morgan fingerprint density at radius 3 is 2.56 bits per heavy atom. The van der Waals surface area contributed by atoms with E-state index in [1.165, 1.54) is 29.0 Å². The Labute approximate surface area is 191 Å². The van der Waals surface area contributed by atoms with Gasteiger partial charge in [0.1, 0.15) is 6.33 Å². The van der Waals surface area contributed by atoms with Crippen LogP contribution in [0.3, 0.4) is 0 Å². The van der Waals surface area contributed by atoms with Crippen LogP contribution in [-0.4, -0.2) is 27.8 Å². The molecule has 4 rings (SSSR count). The van der Waals surface area contributed by atoms with Crippen LogP contribution in [0.2, 0.25) is 0 Å². The highest BCUT2D eigenvalue weighted by Gasteiger charge is 2.34. The van der Waals surface area contributed by atoms with Crippen molar-refractivity contribution in [1.82, 2.24) is 15.3 Å². The topological polar surface area (TPSA) is 75.2 Å². The van der Waals surface area contributed by atoms with E-state index in [-0.39, 0.29) is 11.9 Å². The summed E-state index contributed by atoms with van der Waals surface area (Å²) in [5, 5.41) is 5.06. The van der Waals surface area contributed by atoms with E-state index >= 15 is 0 Å². The molecule has 7 heteroatoms. The molecule has 1 saturated carbocycles. The van der Waals surface area contributed by atoms with Gasteiger partial charge in [-0.25, -0.2) is 9.97 Å². The molecule has 1 atom stereocenters. The third kappa shape index (κ3) is 4.87. The number of hydrogen-bond acceptors (Lipinski definition) is 5. The van der Waals surface area contributed by atoms with Gasteiger partial charge in [0.15, 0.2) is 6.04 Å². The van der Waals surface area contributed by atoms with Crippen molar-refractivity contribution < 1.29 is 9.59 Å². The summed E-state index contributed by atoms with van der Waals surface area (Å²) >= 11 is 1.43. The zero-order valence-electron chi connectivity index (χ0n) is 17.6. The van der Waals surface area contributed by atoms with Gasteiger partial charge >= 0.3 is 5.91 Å². The first kappa shape index (κ1) is 21.7. The molecule has 3 aromatic rings. The summed E-state index contributed by atoms with van der Waals surface area (Å²) < 4.78 is 0. The van der Waals surface area contributed by atoms with Gasteiger partial charge in [0.2, 0.25) is 5.91 Å². The van der Waals surface area contributed by atoms with Crippen LogP contribution in [0, 0.1) is 12.3 Å². The van der Waals surface area contributed by atoms with Crippen LogP contribution in [0.15, 0.2) is 60.5 Å². The first-order chi connectivity index (χ1) is 15.7. The van der Waals surface area contributed by atoms with Crippen molar-refractivity contribution in [2.75, 3.05) is 4.90 Å². The van der Waals surface area contributed by atoms with Gasteiger partial charge in [0.05, 0.1) is 0 Å². The Kier molecular flexibility index (Phi) is 6.93. The molecule has 1 N–H and O–H groups in total. The van der Waals surface area contributed by atoms with E-state index in [2.05, 4.69) is 21.2 Å². The highest BCUT2D eigenvalue weighted by Crippen LogP contribution is 2.33. The molecule has 0 bridgehead atoms. The number of benzene rings is 1. The van der Waals surface area contributed by atoms with Crippen molar-refractivity contribution in [1.29, 1.82) is 0 Å². The van der Waals surface area contributed by atoms with Crippen LogP contribution in [-0.2, 0) is 9.59 Å². The zero-order chi connectivity index (χ0) is 22.3. The molecule has 2 amide bonds. The molecular formula is C25H24N4O2S. The highest BCUT2D eigenvalue weighted by molar-refractivity contribution is 7.10. The molecule has 1 fully saturated rings. The summed E-state index contributed by atoms with van der Waals surface area (Å²) in [7, 11) is 0. The molecule has 1 aromatic carbocycles. The van der Waals surface area contributed by atoms with Crippen molar-refractivity contribution in [3.63, 3.8) is 0 Å². The molecule has 2 heterocycles. The van der Waals surface area contributed by atoms with Gasteiger partial charge in [-0.15, -0.1) is 17.8 Å². The minimum Gasteiger partial charge on any atom is -0.351 e. The third-order valence-electron chi connectivity index (χ3n) is 5.63. The van der Waals surface area contributed by atoms with Gasteiger partial charge in [-0.3, -0.25) is 14.5 Å². The third-order valence-corrected chi connectivity index (χ3v) is 6.56. The minimum atomic E-state index is -0.845. The average molecular weight is 445 g/mol. The molecule has 6 nitrogen and oxygen atoms in total. The van der Waals surface area contributed by atoms with E-state index in [0.717, 1.165) is 41.7 Å². The molecule has 1 aliphatic carbocycles. The first-order valence-electron chi connectivity index (χ1n) is 10.7. The summed E-state index contributed by atoms with van der Waals surface area (Å²) in [4.78, 5) is 36.8. The van der Waals surface area contributed by atoms with Crippen molar-refractivity contribution in [3.05, 3.63) is 65.4 Å². The number of thiophene rings is 1. The SMILES string of the molecule is C#CC(=O)N(c1cccc(-c2cncnc2)c1)C(C(=O)NC1CCCCC1)c1cccs1. The summed E-state index contributed by atoms with van der Waals surface area (Å²) in [6.45, 7) is 0. The molecule has 32 heavy (non-hydrogen) atoms. The maximum Gasteiger partial charge on any atom is 0.303 e. The molecule has 0 spiro atoms. The Morgan fingerprint density at radius 1 is 1.09 bits per heavy atom. The van der Waals surface area contributed by atoms with Gasteiger partial charge in [0.25, 0.3) is 0 Å². The molecule has 0 saturated heterocycles. The lowest BCUT2D eigenvalue weighted by molar-refractivity contribution is -0.125. The summed E-state index contributed by atoms with van der Waals surface area (Å²) in [6.07, 6.45) is 15.7. The van der Waals surface area contributed by atoms with E-state index in [9.17, 15) is 9.59 Å². The largest absolute Gasteiger partial charge is 0.351 e. The first-order valence-corrected chi connectivity index (χ1v) is 11.5. The maximum atomic E-state index is 13.5. The average Bonchev–Trinajstić information content (AvgIpc) is 3.37. The van der Waals surface area contributed by atoms with E-state index in [1.54, 1.807) is 18.5 Å². The Balaban J connectivity index is 1.73. The number of hydrogen-bond donors (Lipinski definition) is 1. The number of nitrogens with zero attached hydrogens (tertiary/aromatic N) is 3. The lowest BCUT2D eigenvalue weighted by atomic mass is 9.95. The molecule has 0 radical (unpaired) electrons. The Bertz CT molecular complexity index is 1100. The van der Waals surface area contributed by atoms with Gasteiger partial charge in [-0.05, 0) is 47.9 Å². The van der Waals surface area contributed by atoms with Crippen LogP contribution in [0.4, 0.5) is 5.69 Å². The summed E-state index contributed by atoms with van der Waals surface area (Å²) in [6, 6.07) is 10.4. The Morgan fingerprint density at radius 2 is 1.88 bits per heavy atom. The van der Waals surface area contributed by atoms with Crippen molar-refractivity contribution in [2.24, 2.45) is 0 Å². The molecule has 0 aliphatic heterocycles. The number of terminal acetylenes is 1. The van der Waals surface area contributed by atoms with Crippen LogP contribution in [0.1, 0.15) is 43.0 Å². The quantitative estimate of drug-likeness (QED) is 0.573. The number of anilines is 1. The fourth-order valence-electron chi connectivity index (χ4n) is 4.08. The molecular weight excluding hydrogens is 420 g/mol. The molecule has 2 aromatic heterocycles. The van der Waals surface area contributed by atoms with Crippen LogP contribution < -0.4 is 10.2 Å². The number of carbonyl (C=O) groups excluding carboxylic acids is 2. The predicted molar refractivity (Wildman–Crippen MR) is 126 cm³/mol. The lowest BCUT2D eigenvalue weighted by Gasteiger charge is -2.31. The molecule has 1 aliphatic rings. The van der Waals surface area contributed by atoms with Crippen LogP contribution in [0.25, 0.3) is 11.1 Å². The smallest absolute Gasteiger partial charge is 0.303 e. The minimum absolute atomic E-state index is 0.120. The predicted octanol–water partition coefficient (Wildman–Crippen LogP) is 4.36. The second-order valence-electron chi connectivity index (χ2n) is 7.76. The van der Waals surface area contributed by atoms with Crippen molar-refractivity contribution >= 4 is 28.8 Å². The Hall–Kier alpha value is -3.50. The fraction of sp³-hybridized carbons (Fsp3) is 0.280. The lowest BCUT2D eigenvalue weighted by Crippen LogP contribution is -2.46. The second kappa shape index (κ2) is 10.2. The van der Waals surface area contributed by atoms with Gasteiger partial charge < -0.3 is 5.32 Å². The number of rotatable bonds is 6. The number of aromatic nitrogens is 2. The van der Waals surface area contributed by atoms with Crippen LogP contribution in [0.5, 0.6) is 0 Å². The zero-order valence-corrected chi connectivity index (χ0v) is 18.4. The van der Waals surface area contributed by atoms with Crippen LogP contribution >= 0.6 is 11.3 Å². The summed E-state index contributed by atoms with van der Waals surface area (Å²) in [5.41, 5.74) is 2.18. The summed E-state index contributed by atoms with van der Waals surface area (Å²) in [5.74, 6) is 1.43. The van der Waals surface area contributed by atoms with Crippen molar-refractivity contribution in [2.45, 2.75) is 44.2 Å². The van der Waals surface area contributed by atoms with Gasteiger partial charge in [0, 0.05) is 34.6 Å². The van der Waals surface area contributed by atoms with E-state index in [4.69, 9.17) is 6.42 Å². The number of amides is 2. The fourth-order valence-corrected chi connectivity index (χ4v) is 4.90. The van der Waals surface area contributed by atoms with Crippen molar-refractivity contribution in [3.8, 4) is 23.5 Å². The normalized spacial score (nSPS) is 14.8. The highest BCUT2D eigenvalue weighted by atomic mass is 32.1. The van der Waals surface area contributed by atoms with Gasteiger partial charge in [-0.2, -0.15) is 0 Å². The second-order valence-corrected chi connectivity index (χ2v) is 8.74. The molecule has 1 unspecified atom stereocenters.